The summed E-state index contributed by atoms with van der Waals surface area (Å²) in [6.07, 6.45) is -0.00862. The second-order valence-corrected chi connectivity index (χ2v) is 8.23. The van der Waals surface area contributed by atoms with Gasteiger partial charge in [-0.25, -0.2) is 19.8 Å². The molecule has 0 saturated heterocycles. The van der Waals surface area contributed by atoms with Crippen molar-refractivity contribution in [2.75, 3.05) is 5.01 Å². The Morgan fingerprint density at radius 2 is 1.86 bits per heavy atom. The van der Waals surface area contributed by atoms with Gasteiger partial charge in [0.1, 0.15) is 5.84 Å². The largest absolute Gasteiger partial charge is 0.477 e. The molecular weight excluding hydrogens is 404 g/mol. The van der Waals surface area contributed by atoms with Gasteiger partial charge in [0, 0.05) is 0 Å². The quantitative estimate of drug-likeness (QED) is 0.625. The molecule has 0 unspecified atom stereocenters. The van der Waals surface area contributed by atoms with Crippen LogP contribution >= 0.6 is 11.3 Å². The smallest absolute Gasteiger partial charge is 0.352 e. The molecule has 11 heteroatoms. The maximum absolute atomic E-state index is 11.4. The molecule has 4 rings (SSSR count). The first kappa shape index (κ1) is 18.2. The topological polar surface area (TPSA) is 133 Å². The van der Waals surface area contributed by atoms with E-state index in [-0.39, 0.29) is 17.0 Å². The summed E-state index contributed by atoms with van der Waals surface area (Å²) in [7, 11) is -4.33. The predicted octanol–water partition coefficient (Wildman–Crippen LogP) is 2.92. The first-order chi connectivity index (χ1) is 13.3. The van der Waals surface area contributed by atoms with Gasteiger partial charge in [-0.15, -0.1) is 0 Å². The summed E-state index contributed by atoms with van der Waals surface area (Å²) in [5.41, 5.74) is 1.09. The van der Waals surface area contributed by atoms with Crippen LogP contribution in [0.4, 0.5) is 10.8 Å². The number of fused-ring (bicyclic) bond motifs is 1. The molecule has 2 N–H and O–H groups in total. The van der Waals surface area contributed by atoms with Gasteiger partial charge in [0.2, 0.25) is 5.13 Å². The third-order valence-corrected chi connectivity index (χ3v) is 5.72. The molecule has 0 fully saturated rings. The number of hydrogen-bond acceptors (Lipinski definition) is 7. The van der Waals surface area contributed by atoms with Crippen LogP contribution in [0.2, 0.25) is 0 Å². The van der Waals surface area contributed by atoms with Gasteiger partial charge in [-0.1, -0.05) is 23.5 Å². The lowest BCUT2D eigenvalue weighted by atomic mass is 10.2. The SMILES string of the molecule is O=C(O)C1=NN(c2ccc(S(=O)(=O)O)cc2)/C(=N/c2nc3ccccc3s2)C1. The molecule has 0 bridgehead atoms. The van der Waals surface area contributed by atoms with E-state index < -0.39 is 16.1 Å². The molecule has 9 nitrogen and oxygen atoms in total. The van der Waals surface area contributed by atoms with Crippen LogP contribution in [0.3, 0.4) is 0 Å². The standard InChI is InChI=1S/C17H12N4O5S2/c22-16(23)13-9-15(19-17-18-12-3-1-2-4-14(12)27-17)21(20-13)10-5-7-11(8-6-10)28(24,25)26/h1-8H,9H2,(H,22,23)(H,24,25,26)/b19-15+. The Hall–Kier alpha value is -3.15. The fraction of sp³-hybridized carbons (Fsp3) is 0.0588. The lowest BCUT2D eigenvalue weighted by Crippen LogP contribution is -2.20. The minimum absolute atomic E-state index is 0.00862. The number of hydrazone groups is 1. The van der Waals surface area contributed by atoms with Crippen molar-refractivity contribution in [2.24, 2.45) is 10.1 Å². The summed E-state index contributed by atoms with van der Waals surface area (Å²) in [5, 5.41) is 15.1. The number of carboxylic acid groups (broad SMARTS) is 1. The van der Waals surface area contributed by atoms with Crippen LogP contribution in [0, 0.1) is 0 Å². The summed E-state index contributed by atoms with van der Waals surface area (Å²) in [6, 6.07) is 12.7. The maximum Gasteiger partial charge on any atom is 0.352 e. The average Bonchev–Trinajstić information content (AvgIpc) is 3.25. The Balaban J connectivity index is 1.74. The summed E-state index contributed by atoms with van der Waals surface area (Å²) in [5.74, 6) is -0.829. The Morgan fingerprint density at radius 3 is 2.50 bits per heavy atom. The Morgan fingerprint density at radius 1 is 1.14 bits per heavy atom. The summed E-state index contributed by atoms with van der Waals surface area (Å²) >= 11 is 1.36. The maximum atomic E-state index is 11.4. The first-order valence-electron chi connectivity index (χ1n) is 7.93. The molecule has 0 atom stereocenters. The van der Waals surface area contributed by atoms with E-state index in [2.05, 4.69) is 15.1 Å². The number of para-hydroxylation sites is 1. The van der Waals surface area contributed by atoms with E-state index in [0.717, 1.165) is 10.2 Å². The molecule has 2 aromatic carbocycles. The molecule has 0 radical (unpaired) electrons. The molecule has 0 spiro atoms. The fourth-order valence-electron chi connectivity index (χ4n) is 2.63. The van der Waals surface area contributed by atoms with Crippen molar-refractivity contribution in [1.29, 1.82) is 0 Å². The second kappa shape index (κ2) is 6.78. The lowest BCUT2D eigenvalue weighted by Gasteiger charge is -2.15. The van der Waals surface area contributed by atoms with E-state index in [1.165, 1.54) is 40.6 Å². The summed E-state index contributed by atoms with van der Waals surface area (Å²) in [6.45, 7) is 0. The monoisotopic (exact) mass is 416 g/mol. The highest BCUT2D eigenvalue weighted by Gasteiger charge is 2.28. The second-order valence-electron chi connectivity index (χ2n) is 5.80. The number of hydrogen-bond donors (Lipinski definition) is 2. The van der Waals surface area contributed by atoms with Crippen molar-refractivity contribution in [1.82, 2.24) is 4.98 Å². The number of amidine groups is 1. The lowest BCUT2D eigenvalue weighted by molar-refractivity contribution is -0.129. The number of anilines is 1. The van der Waals surface area contributed by atoms with Gasteiger partial charge in [-0.05, 0) is 36.4 Å². The van der Waals surface area contributed by atoms with Crippen LogP contribution in [0.15, 0.2) is 63.5 Å². The zero-order valence-electron chi connectivity index (χ0n) is 14.1. The third kappa shape index (κ3) is 3.50. The molecule has 28 heavy (non-hydrogen) atoms. The van der Waals surface area contributed by atoms with Gasteiger partial charge in [0.05, 0.1) is 27.2 Å². The molecule has 3 aromatic rings. The van der Waals surface area contributed by atoms with E-state index in [0.29, 0.717) is 16.7 Å². The molecule has 0 saturated carbocycles. The van der Waals surface area contributed by atoms with Gasteiger partial charge in [-0.2, -0.15) is 13.5 Å². The third-order valence-electron chi connectivity index (χ3n) is 3.92. The van der Waals surface area contributed by atoms with Gasteiger partial charge in [0.15, 0.2) is 5.71 Å². The van der Waals surface area contributed by atoms with Crippen LogP contribution in [0.5, 0.6) is 0 Å². The molecule has 1 aromatic heterocycles. The number of carbonyl (C=O) groups is 1. The number of carboxylic acids is 1. The minimum Gasteiger partial charge on any atom is -0.477 e. The molecule has 2 heterocycles. The molecular formula is C17H12N4O5S2. The molecule has 142 valence electrons. The number of aliphatic carboxylic acids is 1. The zero-order valence-corrected chi connectivity index (χ0v) is 15.7. The van der Waals surface area contributed by atoms with Crippen molar-refractivity contribution >= 4 is 60.0 Å². The highest BCUT2D eigenvalue weighted by molar-refractivity contribution is 7.85. The molecule has 0 aliphatic carbocycles. The van der Waals surface area contributed by atoms with Crippen LogP contribution in [-0.2, 0) is 14.9 Å². The van der Waals surface area contributed by atoms with Gasteiger partial charge in [0.25, 0.3) is 10.1 Å². The van der Waals surface area contributed by atoms with Gasteiger partial charge < -0.3 is 5.11 Å². The van der Waals surface area contributed by atoms with Crippen LogP contribution in [-0.4, -0.2) is 40.6 Å². The Labute approximate surface area is 163 Å². The Bertz CT molecular complexity index is 1210. The number of thiazole rings is 1. The first-order valence-corrected chi connectivity index (χ1v) is 10.2. The predicted molar refractivity (Wildman–Crippen MR) is 105 cm³/mol. The van der Waals surface area contributed by atoms with Crippen LogP contribution < -0.4 is 5.01 Å². The number of benzene rings is 2. The number of aliphatic imine (C=N–C) groups is 1. The summed E-state index contributed by atoms with van der Waals surface area (Å²) < 4.78 is 32.5. The highest BCUT2D eigenvalue weighted by Crippen LogP contribution is 2.30. The Kier molecular flexibility index (Phi) is 4.41. The number of nitrogens with zero attached hydrogens (tertiary/aromatic N) is 4. The van der Waals surface area contributed by atoms with Gasteiger partial charge >= 0.3 is 5.97 Å². The average molecular weight is 416 g/mol. The van der Waals surface area contributed by atoms with Crippen molar-refractivity contribution in [3.63, 3.8) is 0 Å². The van der Waals surface area contributed by atoms with E-state index >= 15 is 0 Å². The van der Waals surface area contributed by atoms with Crippen molar-refractivity contribution in [3.8, 4) is 0 Å². The minimum atomic E-state index is -4.33. The number of rotatable bonds is 4. The van der Waals surface area contributed by atoms with Crippen molar-refractivity contribution < 1.29 is 22.9 Å². The molecule has 0 amide bonds. The summed E-state index contributed by atoms with van der Waals surface area (Å²) in [4.78, 5) is 20.0. The van der Waals surface area contributed by atoms with E-state index in [1.807, 2.05) is 24.3 Å². The van der Waals surface area contributed by atoms with Crippen LogP contribution in [0.1, 0.15) is 6.42 Å². The zero-order chi connectivity index (χ0) is 19.9. The highest BCUT2D eigenvalue weighted by atomic mass is 32.2. The van der Waals surface area contributed by atoms with Crippen molar-refractivity contribution in [2.45, 2.75) is 11.3 Å². The molecule has 1 aliphatic rings. The van der Waals surface area contributed by atoms with E-state index in [4.69, 9.17) is 4.55 Å². The van der Waals surface area contributed by atoms with Crippen molar-refractivity contribution in [3.05, 3.63) is 48.5 Å². The normalized spacial score (nSPS) is 16.0. The molecule has 1 aliphatic heterocycles. The fourth-order valence-corrected chi connectivity index (χ4v) is 3.96. The van der Waals surface area contributed by atoms with E-state index in [9.17, 15) is 18.3 Å². The van der Waals surface area contributed by atoms with Gasteiger partial charge in [-0.3, -0.25) is 4.55 Å². The number of aromatic nitrogens is 1. The van der Waals surface area contributed by atoms with Crippen LogP contribution in [0.25, 0.3) is 10.2 Å². The van der Waals surface area contributed by atoms with E-state index in [1.54, 1.807) is 0 Å².